The molecule has 0 aliphatic carbocycles. The molecule has 1 amide bonds. The van der Waals surface area contributed by atoms with Crippen molar-refractivity contribution in [1.29, 1.82) is 0 Å². The van der Waals surface area contributed by atoms with Crippen LogP contribution in [0.2, 0.25) is 0 Å². The van der Waals surface area contributed by atoms with Gasteiger partial charge < -0.3 is 14.8 Å². The van der Waals surface area contributed by atoms with Crippen LogP contribution < -0.4 is 5.32 Å². The third-order valence-corrected chi connectivity index (χ3v) is 5.18. The summed E-state index contributed by atoms with van der Waals surface area (Å²) in [6.07, 6.45) is 6.67. The fourth-order valence-corrected chi connectivity index (χ4v) is 3.70. The molecular formula is C16H27N5OS. The van der Waals surface area contributed by atoms with E-state index in [4.69, 9.17) is 0 Å². The van der Waals surface area contributed by atoms with Crippen LogP contribution in [-0.4, -0.2) is 57.5 Å². The standard InChI is InChI=1S/C16H27N5OS/c1-4-9-21-14(8-12-20-10-6-5-7-11-20)18-19-16(21)23-13(2)15(22)17-3/h4,13H,1,5-12H2,2-3H3,(H,17,22)/t13-/m1/s1. The number of hydrogen-bond acceptors (Lipinski definition) is 5. The van der Waals surface area contributed by atoms with E-state index in [1.165, 1.54) is 44.1 Å². The summed E-state index contributed by atoms with van der Waals surface area (Å²) in [7, 11) is 1.65. The number of amides is 1. The van der Waals surface area contributed by atoms with E-state index >= 15 is 0 Å². The first-order valence-corrected chi connectivity index (χ1v) is 9.17. The van der Waals surface area contributed by atoms with Gasteiger partial charge in [0.2, 0.25) is 5.91 Å². The van der Waals surface area contributed by atoms with Crippen molar-refractivity contribution in [2.24, 2.45) is 0 Å². The molecule has 1 aromatic rings. The fraction of sp³-hybridized carbons (Fsp3) is 0.688. The second kappa shape index (κ2) is 9.08. The minimum atomic E-state index is -0.192. The second-order valence-electron chi connectivity index (χ2n) is 5.82. The SMILES string of the molecule is C=CCn1c(CCN2CCCCC2)nnc1S[C@H](C)C(=O)NC. The van der Waals surface area contributed by atoms with Gasteiger partial charge in [0.1, 0.15) is 5.82 Å². The molecular weight excluding hydrogens is 310 g/mol. The Hall–Kier alpha value is -1.34. The number of carbonyl (C=O) groups excluding carboxylic acids is 1. The maximum atomic E-state index is 11.7. The first kappa shape index (κ1) is 18.0. The van der Waals surface area contributed by atoms with Gasteiger partial charge in [-0.3, -0.25) is 4.79 Å². The van der Waals surface area contributed by atoms with E-state index < -0.39 is 0 Å². The van der Waals surface area contributed by atoms with E-state index in [1.807, 2.05) is 13.0 Å². The maximum absolute atomic E-state index is 11.7. The minimum absolute atomic E-state index is 0.00183. The molecule has 0 radical (unpaired) electrons. The normalized spacial score (nSPS) is 17.0. The summed E-state index contributed by atoms with van der Waals surface area (Å²) in [5, 5.41) is 11.9. The molecule has 23 heavy (non-hydrogen) atoms. The molecule has 1 N–H and O–H groups in total. The molecule has 0 spiro atoms. The largest absolute Gasteiger partial charge is 0.358 e. The van der Waals surface area contributed by atoms with Gasteiger partial charge in [-0.05, 0) is 32.9 Å². The van der Waals surface area contributed by atoms with Gasteiger partial charge in [-0.25, -0.2) is 0 Å². The van der Waals surface area contributed by atoms with E-state index in [9.17, 15) is 4.79 Å². The Balaban J connectivity index is 2.01. The lowest BCUT2D eigenvalue weighted by Gasteiger charge is -2.26. The van der Waals surface area contributed by atoms with E-state index in [0.717, 1.165) is 23.9 Å². The van der Waals surface area contributed by atoms with Crippen molar-refractivity contribution in [1.82, 2.24) is 25.0 Å². The average Bonchev–Trinajstić information content (AvgIpc) is 2.95. The Morgan fingerprint density at radius 2 is 2.13 bits per heavy atom. The van der Waals surface area contributed by atoms with Gasteiger partial charge in [-0.15, -0.1) is 16.8 Å². The van der Waals surface area contributed by atoms with E-state index in [1.54, 1.807) is 7.05 Å². The van der Waals surface area contributed by atoms with Crippen molar-refractivity contribution in [3.05, 3.63) is 18.5 Å². The van der Waals surface area contributed by atoms with Gasteiger partial charge in [-0.2, -0.15) is 0 Å². The first-order valence-electron chi connectivity index (χ1n) is 8.29. The van der Waals surface area contributed by atoms with Gasteiger partial charge in [0, 0.05) is 26.6 Å². The zero-order valence-electron chi connectivity index (χ0n) is 14.1. The highest BCUT2D eigenvalue weighted by Crippen LogP contribution is 2.23. The summed E-state index contributed by atoms with van der Waals surface area (Å²) < 4.78 is 2.07. The summed E-state index contributed by atoms with van der Waals surface area (Å²) in [6.45, 7) is 9.76. The van der Waals surface area contributed by atoms with E-state index in [0.29, 0.717) is 6.54 Å². The Bertz CT molecular complexity index is 525. The summed E-state index contributed by atoms with van der Waals surface area (Å²) >= 11 is 1.44. The summed E-state index contributed by atoms with van der Waals surface area (Å²) in [5.41, 5.74) is 0. The van der Waals surface area contributed by atoms with Crippen LogP contribution >= 0.6 is 11.8 Å². The molecule has 1 aromatic heterocycles. The number of hydrogen-bond donors (Lipinski definition) is 1. The van der Waals surface area contributed by atoms with Gasteiger partial charge in [-0.1, -0.05) is 24.3 Å². The molecule has 1 saturated heterocycles. The lowest BCUT2D eigenvalue weighted by Crippen LogP contribution is -2.32. The number of likely N-dealkylation sites (tertiary alicyclic amines) is 1. The second-order valence-corrected chi connectivity index (χ2v) is 7.13. The Morgan fingerprint density at radius 3 is 2.78 bits per heavy atom. The topological polar surface area (TPSA) is 63.1 Å². The smallest absolute Gasteiger partial charge is 0.233 e. The van der Waals surface area contributed by atoms with Gasteiger partial charge >= 0.3 is 0 Å². The molecule has 7 heteroatoms. The zero-order chi connectivity index (χ0) is 16.7. The number of allylic oxidation sites excluding steroid dienone is 1. The van der Waals surface area contributed by atoms with Crippen molar-refractivity contribution < 1.29 is 4.79 Å². The molecule has 0 bridgehead atoms. The van der Waals surface area contributed by atoms with Crippen molar-refractivity contribution >= 4 is 17.7 Å². The number of nitrogens with zero attached hydrogens (tertiary/aromatic N) is 4. The number of thioether (sulfide) groups is 1. The molecule has 128 valence electrons. The molecule has 0 unspecified atom stereocenters. The molecule has 6 nitrogen and oxygen atoms in total. The van der Waals surface area contributed by atoms with Crippen molar-refractivity contribution in [2.45, 2.75) is 49.6 Å². The summed E-state index contributed by atoms with van der Waals surface area (Å²) in [4.78, 5) is 14.2. The Kier molecular flexibility index (Phi) is 7.11. The molecule has 2 rings (SSSR count). The molecule has 1 aliphatic rings. The zero-order valence-corrected chi connectivity index (χ0v) is 14.9. The van der Waals surface area contributed by atoms with Crippen molar-refractivity contribution in [2.75, 3.05) is 26.7 Å². The summed E-state index contributed by atoms with van der Waals surface area (Å²) in [5.74, 6) is 0.972. The Labute approximate surface area is 142 Å². The number of piperidine rings is 1. The van der Waals surface area contributed by atoms with Crippen LogP contribution in [0.3, 0.4) is 0 Å². The van der Waals surface area contributed by atoms with Crippen LogP contribution in [0.15, 0.2) is 17.8 Å². The van der Waals surface area contributed by atoms with Crippen LogP contribution in [0.5, 0.6) is 0 Å². The number of carbonyl (C=O) groups is 1. The molecule has 1 aliphatic heterocycles. The maximum Gasteiger partial charge on any atom is 0.233 e. The minimum Gasteiger partial charge on any atom is -0.358 e. The molecule has 1 atom stereocenters. The van der Waals surface area contributed by atoms with E-state index in [-0.39, 0.29) is 11.2 Å². The van der Waals surface area contributed by atoms with Crippen molar-refractivity contribution in [3.8, 4) is 0 Å². The fourth-order valence-electron chi connectivity index (χ4n) is 2.76. The van der Waals surface area contributed by atoms with Crippen LogP contribution in [0, 0.1) is 0 Å². The number of rotatable bonds is 8. The molecule has 0 aromatic carbocycles. The van der Waals surface area contributed by atoms with Gasteiger partial charge in [0.05, 0.1) is 5.25 Å². The monoisotopic (exact) mass is 337 g/mol. The van der Waals surface area contributed by atoms with Crippen LogP contribution in [0.1, 0.15) is 32.0 Å². The highest BCUT2D eigenvalue weighted by atomic mass is 32.2. The quantitative estimate of drug-likeness (QED) is 0.578. The average molecular weight is 337 g/mol. The number of aromatic nitrogens is 3. The molecule has 0 saturated carbocycles. The third-order valence-electron chi connectivity index (χ3n) is 4.10. The van der Waals surface area contributed by atoms with Crippen molar-refractivity contribution in [3.63, 3.8) is 0 Å². The lowest BCUT2D eigenvalue weighted by molar-refractivity contribution is -0.119. The highest BCUT2D eigenvalue weighted by molar-refractivity contribution is 8.00. The Morgan fingerprint density at radius 1 is 1.39 bits per heavy atom. The van der Waals surface area contributed by atoms with Crippen LogP contribution in [0.25, 0.3) is 0 Å². The number of nitrogens with one attached hydrogen (secondary N) is 1. The highest BCUT2D eigenvalue weighted by Gasteiger charge is 2.19. The molecule has 2 heterocycles. The first-order chi connectivity index (χ1) is 11.2. The van der Waals surface area contributed by atoms with Gasteiger partial charge in [0.15, 0.2) is 5.16 Å². The third kappa shape index (κ3) is 5.07. The van der Waals surface area contributed by atoms with E-state index in [2.05, 4.69) is 31.6 Å². The van der Waals surface area contributed by atoms with Crippen LogP contribution in [0.4, 0.5) is 0 Å². The van der Waals surface area contributed by atoms with Crippen LogP contribution in [-0.2, 0) is 17.8 Å². The predicted octanol–water partition coefficient (Wildman–Crippen LogP) is 1.72. The lowest BCUT2D eigenvalue weighted by atomic mass is 10.1. The van der Waals surface area contributed by atoms with Gasteiger partial charge in [0.25, 0.3) is 0 Å². The predicted molar refractivity (Wildman–Crippen MR) is 93.6 cm³/mol. The summed E-state index contributed by atoms with van der Waals surface area (Å²) in [6, 6.07) is 0. The molecule has 1 fully saturated rings.